The van der Waals surface area contributed by atoms with Crippen molar-refractivity contribution < 1.29 is 23.1 Å². The van der Waals surface area contributed by atoms with Crippen molar-refractivity contribution in [3.8, 4) is 5.75 Å². The number of amides is 2. The van der Waals surface area contributed by atoms with Crippen LogP contribution in [0, 0.1) is 11.8 Å². The Morgan fingerprint density at radius 2 is 1.82 bits per heavy atom. The van der Waals surface area contributed by atoms with Gasteiger partial charge in [-0.05, 0) is 60.2 Å². The number of alkyl halides is 2. The van der Waals surface area contributed by atoms with Gasteiger partial charge in [-0.3, -0.25) is 14.7 Å². The SMILES string of the molecule is O=C(C=Cc1ccc(OC(F)F)cc1)N1C[C@H]2CCN(C(=O)c3ccc4[nH]nnc4c3)C[C@@H]2C1. The third-order valence-corrected chi connectivity index (χ3v) is 6.50. The molecule has 0 bridgehead atoms. The molecule has 0 aliphatic carbocycles. The van der Waals surface area contributed by atoms with E-state index >= 15 is 0 Å². The van der Waals surface area contributed by atoms with Crippen LogP contribution in [0.25, 0.3) is 17.1 Å². The number of nitrogens with one attached hydrogen (secondary N) is 1. The molecule has 5 rings (SSSR count). The summed E-state index contributed by atoms with van der Waals surface area (Å²) < 4.78 is 28.8. The first-order valence-corrected chi connectivity index (χ1v) is 11.1. The second kappa shape index (κ2) is 9.20. The van der Waals surface area contributed by atoms with Crippen molar-refractivity contribution >= 4 is 28.9 Å². The van der Waals surface area contributed by atoms with Crippen LogP contribution in [0.2, 0.25) is 0 Å². The normalized spacial score (nSPS) is 20.3. The van der Waals surface area contributed by atoms with Crippen molar-refractivity contribution in [2.45, 2.75) is 13.0 Å². The molecule has 2 atom stereocenters. The molecule has 8 nitrogen and oxygen atoms in total. The summed E-state index contributed by atoms with van der Waals surface area (Å²) >= 11 is 0. The average molecular weight is 467 g/mol. The van der Waals surface area contributed by atoms with Crippen LogP contribution < -0.4 is 4.74 Å². The lowest BCUT2D eigenvalue weighted by Crippen LogP contribution is -2.43. The summed E-state index contributed by atoms with van der Waals surface area (Å²) in [7, 11) is 0. The minimum absolute atomic E-state index is 0.0349. The summed E-state index contributed by atoms with van der Waals surface area (Å²) in [6, 6.07) is 11.4. The van der Waals surface area contributed by atoms with Gasteiger partial charge in [0.1, 0.15) is 11.3 Å². The van der Waals surface area contributed by atoms with Gasteiger partial charge in [0, 0.05) is 37.8 Å². The van der Waals surface area contributed by atoms with Crippen LogP contribution in [-0.2, 0) is 4.79 Å². The molecule has 1 N–H and O–H groups in total. The highest BCUT2D eigenvalue weighted by atomic mass is 19.3. The Bertz CT molecular complexity index is 1230. The molecule has 0 spiro atoms. The first-order valence-electron chi connectivity index (χ1n) is 11.1. The second-order valence-corrected chi connectivity index (χ2v) is 8.63. The van der Waals surface area contributed by atoms with E-state index in [0.717, 1.165) is 11.9 Å². The smallest absolute Gasteiger partial charge is 0.387 e. The van der Waals surface area contributed by atoms with Crippen molar-refractivity contribution in [3.63, 3.8) is 0 Å². The van der Waals surface area contributed by atoms with Crippen molar-refractivity contribution in [3.05, 3.63) is 59.7 Å². The van der Waals surface area contributed by atoms with E-state index < -0.39 is 6.61 Å². The van der Waals surface area contributed by atoms with Gasteiger partial charge < -0.3 is 14.5 Å². The number of ether oxygens (including phenoxy) is 1. The molecule has 34 heavy (non-hydrogen) atoms. The van der Waals surface area contributed by atoms with E-state index in [1.807, 2.05) is 9.80 Å². The zero-order valence-corrected chi connectivity index (χ0v) is 18.2. The van der Waals surface area contributed by atoms with Gasteiger partial charge in [-0.2, -0.15) is 8.78 Å². The average Bonchev–Trinajstić information content (AvgIpc) is 3.48. The van der Waals surface area contributed by atoms with E-state index in [-0.39, 0.29) is 23.5 Å². The molecule has 3 heterocycles. The fourth-order valence-corrected chi connectivity index (χ4v) is 4.72. The van der Waals surface area contributed by atoms with Crippen LogP contribution in [0.15, 0.2) is 48.5 Å². The minimum Gasteiger partial charge on any atom is -0.435 e. The summed E-state index contributed by atoms with van der Waals surface area (Å²) in [5, 5.41) is 10.5. The number of aromatic amines is 1. The lowest BCUT2D eigenvalue weighted by molar-refractivity contribution is -0.125. The first kappa shape index (κ1) is 22.0. The number of rotatable bonds is 5. The van der Waals surface area contributed by atoms with Gasteiger partial charge in [-0.15, -0.1) is 5.10 Å². The van der Waals surface area contributed by atoms with E-state index in [9.17, 15) is 18.4 Å². The van der Waals surface area contributed by atoms with Crippen LogP contribution in [-0.4, -0.2) is 69.8 Å². The zero-order chi connectivity index (χ0) is 23.7. The number of nitrogens with zero attached hydrogens (tertiary/aromatic N) is 4. The van der Waals surface area contributed by atoms with Crippen LogP contribution in [0.3, 0.4) is 0 Å². The molecule has 2 fully saturated rings. The number of hydrogen-bond acceptors (Lipinski definition) is 5. The quantitative estimate of drug-likeness (QED) is 0.582. The van der Waals surface area contributed by atoms with Crippen LogP contribution in [0.4, 0.5) is 8.78 Å². The van der Waals surface area contributed by atoms with Crippen molar-refractivity contribution in [1.29, 1.82) is 0 Å². The molecule has 10 heteroatoms. The van der Waals surface area contributed by atoms with E-state index in [1.165, 1.54) is 18.2 Å². The van der Waals surface area contributed by atoms with Gasteiger partial charge in [0.2, 0.25) is 5.91 Å². The topological polar surface area (TPSA) is 91.4 Å². The van der Waals surface area contributed by atoms with Crippen molar-refractivity contribution in [2.24, 2.45) is 11.8 Å². The molecule has 2 aliphatic heterocycles. The molecule has 0 radical (unpaired) electrons. The fourth-order valence-electron chi connectivity index (χ4n) is 4.72. The number of aromatic nitrogens is 3. The zero-order valence-electron chi connectivity index (χ0n) is 18.2. The summed E-state index contributed by atoms with van der Waals surface area (Å²) in [6.45, 7) is -0.338. The Hall–Kier alpha value is -3.82. The molecule has 3 aromatic rings. The summed E-state index contributed by atoms with van der Waals surface area (Å²) in [5.74, 6) is 0.535. The highest BCUT2D eigenvalue weighted by Gasteiger charge is 2.39. The first-order chi connectivity index (χ1) is 16.5. The van der Waals surface area contributed by atoms with E-state index in [2.05, 4.69) is 20.1 Å². The lowest BCUT2D eigenvalue weighted by atomic mass is 9.88. The Morgan fingerprint density at radius 3 is 2.62 bits per heavy atom. The number of carbonyl (C=O) groups excluding carboxylic acids is 2. The molecule has 0 saturated carbocycles. The Morgan fingerprint density at radius 1 is 1.06 bits per heavy atom. The lowest BCUT2D eigenvalue weighted by Gasteiger charge is -2.34. The molecule has 2 aliphatic rings. The number of halogens is 2. The third kappa shape index (κ3) is 4.61. The van der Waals surface area contributed by atoms with Crippen LogP contribution >= 0.6 is 0 Å². The second-order valence-electron chi connectivity index (χ2n) is 8.63. The predicted octanol–water partition coefficient (Wildman–Crippen LogP) is 3.19. The number of carbonyl (C=O) groups is 2. The predicted molar refractivity (Wildman–Crippen MR) is 120 cm³/mol. The Balaban J connectivity index is 1.18. The third-order valence-electron chi connectivity index (χ3n) is 6.50. The maximum atomic E-state index is 13.0. The van der Waals surface area contributed by atoms with Crippen LogP contribution in [0.5, 0.6) is 5.75 Å². The number of hydrogen-bond donors (Lipinski definition) is 1. The summed E-state index contributed by atoms with van der Waals surface area (Å²) in [5.41, 5.74) is 2.73. The number of likely N-dealkylation sites (tertiary alicyclic amines) is 2. The number of fused-ring (bicyclic) bond motifs is 2. The number of H-pyrrole nitrogens is 1. The van der Waals surface area contributed by atoms with Gasteiger partial charge in [0.25, 0.3) is 5.91 Å². The molecule has 2 saturated heterocycles. The van der Waals surface area contributed by atoms with Crippen molar-refractivity contribution in [1.82, 2.24) is 25.2 Å². The van der Waals surface area contributed by atoms with Crippen LogP contribution in [0.1, 0.15) is 22.3 Å². The number of benzene rings is 2. The Labute approximate surface area is 194 Å². The van der Waals surface area contributed by atoms with E-state index in [4.69, 9.17) is 0 Å². The fraction of sp³-hybridized carbons (Fsp3) is 0.333. The molecule has 0 unspecified atom stereocenters. The van der Waals surface area contributed by atoms with E-state index in [1.54, 1.807) is 36.4 Å². The largest absolute Gasteiger partial charge is 0.435 e. The molecule has 2 aromatic carbocycles. The van der Waals surface area contributed by atoms with Gasteiger partial charge >= 0.3 is 6.61 Å². The minimum atomic E-state index is -2.87. The maximum absolute atomic E-state index is 13.0. The molecular formula is C24H23F2N5O3. The van der Waals surface area contributed by atoms with E-state index in [0.29, 0.717) is 48.7 Å². The highest BCUT2D eigenvalue weighted by molar-refractivity contribution is 5.97. The standard InChI is InChI=1S/C24H23F2N5O3/c25-24(26)34-19-5-1-15(2-6-19)3-8-22(32)31-12-17-9-10-30(13-18(17)14-31)23(33)16-4-7-20-21(11-16)28-29-27-20/h1-8,11,17-18,24H,9-10,12-14H2,(H,27,28,29)/t17-,18-/m1/s1. The molecular weight excluding hydrogens is 444 g/mol. The highest BCUT2D eigenvalue weighted by Crippen LogP contribution is 2.32. The van der Waals surface area contributed by atoms with Gasteiger partial charge in [-0.1, -0.05) is 17.3 Å². The molecule has 1 aromatic heterocycles. The molecule has 176 valence electrons. The summed E-state index contributed by atoms with van der Waals surface area (Å²) in [4.78, 5) is 29.4. The van der Waals surface area contributed by atoms with Gasteiger partial charge in [0.15, 0.2) is 0 Å². The molecule has 2 amide bonds. The van der Waals surface area contributed by atoms with Gasteiger partial charge in [0.05, 0.1) is 5.52 Å². The van der Waals surface area contributed by atoms with Crippen molar-refractivity contribution in [2.75, 3.05) is 26.2 Å². The maximum Gasteiger partial charge on any atom is 0.387 e. The monoisotopic (exact) mass is 467 g/mol. The Kier molecular flexibility index (Phi) is 5.95. The number of piperidine rings is 1. The summed E-state index contributed by atoms with van der Waals surface area (Å²) in [6.07, 6.45) is 4.00. The van der Waals surface area contributed by atoms with Gasteiger partial charge in [-0.25, -0.2) is 0 Å².